The van der Waals surface area contributed by atoms with Crippen molar-refractivity contribution in [3.05, 3.63) is 24.0 Å². The van der Waals surface area contributed by atoms with Gasteiger partial charge in [-0.2, -0.15) is 5.10 Å². The predicted molar refractivity (Wildman–Crippen MR) is 70.3 cm³/mol. The van der Waals surface area contributed by atoms with E-state index in [1.165, 1.54) is 4.68 Å². The lowest BCUT2D eigenvalue weighted by Gasteiger charge is -2.06. The van der Waals surface area contributed by atoms with E-state index in [1.807, 2.05) is 0 Å². The van der Waals surface area contributed by atoms with Crippen molar-refractivity contribution in [2.75, 3.05) is 25.5 Å². The van der Waals surface area contributed by atoms with Gasteiger partial charge in [0.05, 0.1) is 24.6 Å². The minimum absolute atomic E-state index is 0.233. The summed E-state index contributed by atoms with van der Waals surface area (Å²) in [6, 6.07) is 0. The molecule has 0 atom stereocenters. The number of amides is 1. The van der Waals surface area contributed by atoms with Gasteiger partial charge in [0.2, 0.25) is 0 Å². The molecule has 100 valence electrons. The first-order valence-corrected chi connectivity index (χ1v) is 5.83. The Kier molecular flexibility index (Phi) is 5.38. The van der Waals surface area contributed by atoms with Gasteiger partial charge in [0.25, 0.3) is 5.91 Å². The topological polar surface area (TPSA) is 82.2 Å². The zero-order valence-electron chi connectivity index (χ0n) is 10.9. The van der Waals surface area contributed by atoms with Crippen LogP contribution in [0.15, 0.2) is 12.7 Å². The highest BCUT2D eigenvalue weighted by molar-refractivity contribution is 5.97. The number of nitrogens with one attached hydrogen (secondary N) is 1. The molecule has 0 unspecified atom stereocenters. The quantitative estimate of drug-likeness (QED) is 0.551. The maximum absolute atomic E-state index is 11.9. The first-order valence-electron chi connectivity index (χ1n) is 5.83. The van der Waals surface area contributed by atoms with Crippen LogP contribution >= 0.6 is 0 Å². The summed E-state index contributed by atoms with van der Waals surface area (Å²) in [5.41, 5.74) is 7.25. The molecule has 1 aromatic rings. The van der Waals surface area contributed by atoms with Crippen molar-refractivity contribution < 1.29 is 9.53 Å². The van der Waals surface area contributed by atoms with E-state index in [1.54, 1.807) is 20.0 Å². The Morgan fingerprint density at radius 2 is 2.33 bits per heavy atom. The van der Waals surface area contributed by atoms with E-state index in [0.29, 0.717) is 36.8 Å². The Labute approximate surface area is 107 Å². The number of hydrogen-bond donors (Lipinski definition) is 2. The summed E-state index contributed by atoms with van der Waals surface area (Å²) in [5.74, 6) is -0.233. The number of anilines is 1. The molecule has 18 heavy (non-hydrogen) atoms. The molecule has 0 aliphatic heterocycles. The van der Waals surface area contributed by atoms with Crippen LogP contribution in [0.1, 0.15) is 22.6 Å². The van der Waals surface area contributed by atoms with Crippen LogP contribution < -0.4 is 11.1 Å². The molecule has 6 heteroatoms. The van der Waals surface area contributed by atoms with Crippen molar-refractivity contribution in [1.82, 2.24) is 15.1 Å². The maximum atomic E-state index is 11.9. The number of nitrogen functional groups attached to an aromatic ring is 1. The van der Waals surface area contributed by atoms with Crippen molar-refractivity contribution in [3.63, 3.8) is 0 Å². The van der Waals surface area contributed by atoms with Crippen LogP contribution in [0.25, 0.3) is 0 Å². The molecule has 0 bridgehead atoms. The van der Waals surface area contributed by atoms with E-state index in [-0.39, 0.29) is 5.91 Å². The summed E-state index contributed by atoms with van der Waals surface area (Å²) in [5, 5.41) is 6.83. The third kappa shape index (κ3) is 3.59. The van der Waals surface area contributed by atoms with Crippen LogP contribution in [-0.2, 0) is 11.8 Å². The number of aromatic nitrogens is 2. The predicted octanol–water partition coefficient (Wildman–Crippen LogP) is 0.633. The van der Waals surface area contributed by atoms with Crippen LogP contribution in [0.4, 0.5) is 5.69 Å². The fraction of sp³-hybridized carbons (Fsp3) is 0.500. The summed E-state index contributed by atoms with van der Waals surface area (Å²) in [4.78, 5) is 11.9. The molecular weight excluding hydrogens is 232 g/mol. The number of carbonyl (C=O) groups excluding carboxylic acids is 1. The van der Waals surface area contributed by atoms with E-state index < -0.39 is 0 Å². The van der Waals surface area contributed by atoms with Crippen molar-refractivity contribution in [1.29, 1.82) is 0 Å². The van der Waals surface area contributed by atoms with Crippen molar-refractivity contribution in [2.24, 2.45) is 7.05 Å². The molecular formula is C12H20N4O2. The van der Waals surface area contributed by atoms with Crippen LogP contribution in [0, 0.1) is 6.92 Å². The standard InChI is InChI=1S/C12H20N4O2/c1-4-5-7-18-8-6-14-12(17)11-10(13)9(2)15-16(11)3/h4H,1,5-8,13H2,2-3H3,(H,14,17). The van der Waals surface area contributed by atoms with Gasteiger partial charge in [0, 0.05) is 13.6 Å². The van der Waals surface area contributed by atoms with E-state index in [0.717, 1.165) is 6.42 Å². The monoisotopic (exact) mass is 252 g/mol. The summed E-state index contributed by atoms with van der Waals surface area (Å²) < 4.78 is 6.77. The first kappa shape index (κ1) is 14.2. The minimum atomic E-state index is -0.233. The molecule has 0 aromatic carbocycles. The molecule has 0 spiro atoms. The summed E-state index contributed by atoms with van der Waals surface area (Å²) in [7, 11) is 1.69. The average Bonchev–Trinajstić information content (AvgIpc) is 2.58. The zero-order chi connectivity index (χ0) is 13.5. The van der Waals surface area contributed by atoms with Crippen LogP contribution in [0.2, 0.25) is 0 Å². The molecule has 0 radical (unpaired) electrons. The highest BCUT2D eigenvalue weighted by Crippen LogP contribution is 2.14. The molecule has 1 heterocycles. The summed E-state index contributed by atoms with van der Waals surface area (Å²) in [6.07, 6.45) is 2.60. The highest BCUT2D eigenvalue weighted by atomic mass is 16.5. The Morgan fingerprint density at radius 1 is 1.61 bits per heavy atom. The SMILES string of the molecule is C=CCCOCCNC(=O)c1c(N)c(C)nn1C. The van der Waals surface area contributed by atoms with Crippen molar-refractivity contribution in [3.8, 4) is 0 Å². The fourth-order valence-electron chi connectivity index (χ4n) is 1.53. The third-order valence-electron chi connectivity index (χ3n) is 2.48. The van der Waals surface area contributed by atoms with E-state index in [2.05, 4.69) is 17.0 Å². The number of nitrogens with zero attached hydrogens (tertiary/aromatic N) is 2. The van der Waals surface area contributed by atoms with Gasteiger partial charge in [-0.15, -0.1) is 6.58 Å². The molecule has 1 rings (SSSR count). The van der Waals surface area contributed by atoms with E-state index >= 15 is 0 Å². The lowest BCUT2D eigenvalue weighted by Crippen LogP contribution is -2.29. The van der Waals surface area contributed by atoms with E-state index in [4.69, 9.17) is 10.5 Å². The number of carbonyl (C=O) groups is 1. The second kappa shape index (κ2) is 6.80. The average molecular weight is 252 g/mol. The maximum Gasteiger partial charge on any atom is 0.271 e. The highest BCUT2D eigenvalue weighted by Gasteiger charge is 2.17. The fourth-order valence-corrected chi connectivity index (χ4v) is 1.53. The molecule has 0 aliphatic rings. The molecule has 0 saturated carbocycles. The smallest absolute Gasteiger partial charge is 0.271 e. The first-order chi connectivity index (χ1) is 8.57. The molecule has 0 fully saturated rings. The zero-order valence-corrected chi connectivity index (χ0v) is 10.9. The number of ether oxygens (including phenoxy) is 1. The Hall–Kier alpha value is -1.82. The van der Waals surface area contributed by atoms with Gasteiger partial charge in [0.15, 0.2) is 0 Å². The molecule has 0 aliphatic carbocycles. The molecule has 1 amide bonds. The van der Waals surface area contributed by atoms with Gasteiger partial charge < -0.3 is 15.8 Å². The Bertz CT molecular complexity index is 426. The second-order valence-electron chi connectivity index (χ2n) is 3.92. The lowest BCUT2D eigenvalue weighted by molar-refractivity contribution is 0.0909. The Balaban J connectivity index is 2.39. The normalized spacial score (nSPS) is 10.3. The van der Waals surface area contributed by atoms with Crippen molar-refractivity contribution >= 4 is 11.6 Å². The second-order valence-corrected chi connectivity index (χ2v) is 3.92. The van der Waals surface area contributed by atoms with Gasteiger partial charge in [-0.3, -0.25) is 9.48 Å². The van der Waals surface area contributed by atoms with E-state index in [9.17, 15) is 4.79 Å². The number of aryl methyl sites for hydroxylation is 2. The van der Waals surface area contributed by atoms with Gasteiger partial charge in [-0.1, -0.05) is 6.08 Å². The van der Waals surface area contributed by atoms with Crippen LogP contribution in [0.3, 0.4) is 0 Å². The molecule has 0 saturated heterocycles. The third-order valence-corrected chi connectivity index (χ3v) is 2.48. The van der Waals surface area contributed by atoms with Gasteiger partial charge in [-0.05, 0) is 13.3 Å². The lowest BCUT2D eigenvalue weighted by atomic mass is 10.3. The molecule has 3 N–H and O–H groups in total. The number of hydrogen-bond acceptors (Lipinski definition) is 4. The summed E-state index contributed by atoms with van der Waals surface area (Å²) >= 11 is 0. The number of nitrogens with two attached hydrogens (primary N) is 1. The minimum Gasteiger partial charge on any atom is -0.395 e. The van der Waals surface area contributed by atoms with Crippen molar-refractivity contribution in [2.45, 2.75) is 13.3 Å². The molecule has 1 aromatic heterocycles. The van der Waals surface area contributed by atoms with Gasteiger partial charge >= 0.3 is 0 Å². The molecule has 6 nitrogen and oxygen atoms in total. The van der Waals surface area contributed by atoms with Crippen LogP contribution in [-0.4, -0.2) is 35.4 Å². The largest absolute Gasteiger partial charge is 0.395 e. The summed E-state index contributed by atoms with van der Waals surface area (Å²) in [6.45, 7) is 6.89. The van der Waals surface area contributed by atoms with Gasteiger partial charge in [-0.25, -0.2) is 0 Å². The van der Waals surface area contributed by atoms with Gasteiger partial charge in [0.1, 0.15) is 5.69 Å². The number of rotatable bonds is 7. The van der Waals surface area contributed by atoms with Crippen LogP contribution in [0.5, 0.6) is 0 Å². The Morgan fingerprint density at radius 3 is 2.89 bits per heavy atom.